The highest BCUT2D eigenvalue weighted by Gasteiger charge is 2.15. The first kappa shape index (κ1) is 21.0. The van der Waals surface area contributed by atoms with Gasteiger partial charge in [0.2, 0.25) is 15.9 Å². The van der Waals surface area contributed by atoms with Gasteiger partial charge in [-0.1, -0.05) is 34.1 Å². The molecule has 0 aliphatic rings. The number of nitrogens with zero attached hydrogens (tertiary/aromatic N) is 1. The monoisotopic (exact) mass is 456 g/mol. The van der Waals surface area contributed by atoms with Crippen LogP contribution in [0.5, 0.6) is 0 Å². The molecule has 0 aromatic heterocycles. The molecule has 140 valence electrons. The lowest BCUT2D eigenvalue weighted by atomic mass is 10.2. The Morgan fingerprint density at radius 2 is 1.88 bits per heavy atom. The Hall–Kier alpha value is -1.35. The number of hydrogen-bond donors (Lipinski definition) is 1. The lowest BCUT2D eigenvalue weighted by molar-refractivity contribution is -0.130. The molecule has 2 aromatic rings. The van der Waals surface area contributed by atoms with Gasteiger partial charge in [-0.3, -0.25) is 4.79 Å². The molecule has 2 aromatic carbocycles. The average molecular weight is 457 g/mol. The minimum atomic E-state index is -3.62. The fourth-order valence-electron chi connectivity index (χ4n) is 2.29. The molecule has 5 nitrogen and oxygen atoms in total. The molecule has 26 heavy (non-hydrogen) atoms. The normalized spacial score (nSPS) is 11.3. The zero-order valence-corrected chi connectivity index (χ0v) is 17.8. The maximum atomic E-state index is 12.2. The van der Waals surface area contributed by atoms with Gasteiger partial charge in [-0.05, 0) is 42.2 Å². The average Bonchev–Trinajstić information content (AvgIpc) is 2.62. The number of carbonyl (C=O) groups is 1. The van der Waals surface area contributed by atoms with Crippen LogP contribution in [0.2, 0.25) is 0 Å². The third kappa shape index (κ3) is 6.12. The van der Waals surface area contributed by atoms with Crippen molar-refractivity contribution >= 4 is 43.6 Å². The van der Waals surface area contributed by atoms with E-state index in [0.29, 0.717) is 11.0 Å². The van der Waals surface area contributed by atoms with Gasteiger partial charge in [0.15, 0.2) is 0 Å². The lowest BCUT2D eigenvalue weighted by Gasteiger charge is -2.17. The summed E-state index contributed by atoms with van der Waals surface area (Å²) in [7, 11) is -1.91. The molecule has 1 N–H and O–H groups in total. The van der Waals surface area contributed by atoms with Gasteiger partial charge < -0.3 is 4.90 Å². The zero-order valence-electron chi connectivity index (χ0n) is 14.6. The molecule has 0 atom stereocenters. The number of halogens is 1. The van der Waals surface area contributed by atoms with Crippen molar-refractivity contribution in [1.82, 2.24) is 9.62 Å². The number of thioether (sulfide) groups is 1. The number of benzene rings is 2. The van der Waals surface area contributed by atoms with Gasteiger partial charge in [-0.2, -0.15) is 0 Å². The van der Waals surface area contributed by atoms with Crippen LogP contribution in [0.25, 0.3) is 0 Å². The predicted octanol–water partition coefficient (Wildman–Crippen LogP) is 3.50. The summed E-state index contributed by atoms with van der Waals surface area (Å²) >= 11 is 4.92. The second-order valence-corrected chi connectivity index (χ2v) is 9.27. The molecule has 0 heterocycles. The van der Waals surface area contributed by atoms with E-state index in [1.807, 2.05) is 30.5 Å². The van der Waals surface area contributed by atoms with E-state index in [9.17, 15) is 13.2 Å². The van der Waals surface area contributed by atoms with Crippen LogP contribution < -0.4 is 4.72 Å². The highest BCUT2D eigenvalue weighted by molar-refractivity contribution is 9.10. The largest absolute Gasteiger partial charge is 0.341 e. The maximum absolute atomic E-state index is 12.2. The molecule has 0 saturated heterocycles. The first-order valence-corrected chi connectivity index (χ1v) is 11.4. The molecule has 8 heteroatoms. The van der Waals surface area contributed by atoms with E-state index in [4.69, 9.17) is 0 Å². The third-order valence-corrected chi connectivity index (χ3v) is 6.44. The van der Waals surface area contributed by atoms with E-state index in [1.54, 1.807) is 35.8 Å². The summed E-state index contributed by atoms with van der Waals surface area (Å²) in [5, 5.41) is 0. The van der Waals surface area contributed by atoms with E-state index < -0.39 is 10.0 Å². The number of nitrogens with one attached hydrogen (secondary N) is 1. The molecule has 0 fully saturated rings. The molecule has 1 amide bonds. The number of carbonyl (C=O) groups excluding carboxylic acids is 1. The Balaban J connectivity index is 1.85. The zero-order chi connectivity index (χ0) is 19.2. The molecule has 0 aliphatic heterocycles. The molecular weight excluding hydrogens is 436 g/mol. The van der Waals surface area contributed by atoms with Gasteiger partial charge in [0.25, 0.3) is 0 Å². The van der Waals surface area contributed by atoms with Crippen LogP contribution in [0, 0.1) is 0 Å². The Morgan fingerprint density at radius 1 is 1.19 bits per heavy atom. The summed E-state index contributed by atoms with van der Waals surface area (Å²) in [6.07, 6.45) is 2.12. The van der Waals surface area contributed by atoms with E-state index in [2.05, 4.69) is 20.7 Å². The van der Waals surface area contributed by atoms with Gasteiger partial charge in [0.05, 0.1) is 4.90 Å². The number of sulfonamides is 1. The van der Waals surface area contributed by atoms with E-state index >= 15 is 0 Å². The predicted molar refractivity (Wildman–Crippen MR) is 109 cm³/mol. The van der Waals surface area contributed by atoms with Gasteiger partial charge in [-0.25, -0.2) is 13.1 Å². The quantitative estimate of drug-likeness (QED) is 0.617. The number of rotatable bonds is 8. The minimum absolute atomic E-state index is 0.0590. The van der Waals surface area contributed by atoms with Gasteiger partial charge in [0, 0.05) is 35.9 Å². The second kappa shape index (κ2) is 9.55. The van der Waals surface area contributed by atoms with Crippen molar-refractivity contribution in [1.29, 1.82) is 0 Å². The van der Waals surface area contributed by atoms with Gasteiger partial charge >= 0.3 is 0 Å². The van der Waals surface area contributed by atoms with Gasteiger partial charge in [0.1, 0.15) is 0 Å². The fraction of sp³-hybridized carbons (Fsp3) is 0.278. The molecule has 0 bridgehead atoms. The third-order valence-electron chi connectivity index (χ3n) is 3.74. The van der Waals surface area contributed by atoms with Crippen molar-refractivity contribution in [3.8, 4) is 0 Å². The van der Waals surface area contributed by atoms with Crippen molar-refractivity contribution in [2.24, 2.45) is 0 Å². The van der Waals surface area contributed by atoms with Crippen molar-refractivity contribution in [2.75, 3.05) is 19.8 Å². The van der Waals surface area contributed by atoms with Crippen molar-refractivity contribution < 1.29 is 13.2 Å². The van der Waals surface area contributed by atoms with Crippen LogP contribution in [-0.4, -0.2) is 39.1 Å². The van der Waals surface area contributed by atoms with Crippen LogP contribution in [0.3, 0.4) is 0 Å². The van der Waals surface area contributed by atoms with E-state index in [1.165, 1.54) is 17.0 Å². The Bertz CT molecular complexity index is 855. The van der Waals surface area contributed by atoms with Crippen LogP contribution in [0.4, 0.5) is 0 Å². The first-order valence-electron chi connectivity index (χ1n) is 7.94. The summed E-state index contributed by atoms with van der Waals surface area (Å²) in [6, 6.07) is 14.5. The van der Waals surface area contributed by atoms with E-state index in [0.717, 1.165) is 5.56 Å². The lowest BCUT2D eigenvalue weighted by Crippen LogP contribution is -2.31. The smallest absolute Gasteiger partial charge is 0.240 e. The first-order chi connectivity index (χ1) is 12.3. The minimum Gasteiger partial charge on any atom is -0.341 e. The number of hydrogen-bond acceptors (Lipinski definition) is 4. The second-order valence-electron chi connectivity index (χ2n) is 5.70. The number of amides is 1. The Labute approximate surface area is 167 Å². The summed E-state index contributed by atoms with van der Waals surface area (Å²) < 4.78 is 27.6. The van der Waals surface area contributed by atoms with Crippen LogP contribution in [0.15, 0.2) is 62.8 Å². The Morgan fingerprint density at radius 3 is 2.50 bits per heavy atom. The molecule has 2 rings (SSSR count). The molecule has 0 unspecified atom stereocenters. The molecule has 0 aliphatic carbocycles. The highest BCUT2D eigenvalue weighted by atomic mass is 79.9. The SMILES string of the molecule is CSc1ccc(CN(C)C(=O)CCNS(=O)(=O)c2cccc(Br)c2)cc1. The topological polar surface area (TPSA) is 66.5 Å². The van der Waals surface area contributed by atoms with Crippen molar-refractivity contribution in [2.45, 2.75) is 22.8 Å². The fourth-order valence-corrected chi connectivity index (χ4v) is 4.33. The van der Waals surface area contributed by atoms with Crippen LogP contribution in [-0.2, 0) is 21.4 Å². The van der Waals surface area contributed by atoms with Crippen molar-refractivity contribution in [3.05, 3.63) is 58.6 Å². The summed E-state index contributed by atoms with van der Waals surface area (Å²) in [5.74, 6) is -0.115. The maximum Gasteiger partial charge on any atom is 0.240 e. The van der Waals surface area contributed by atoms with Crippen LogP contribution >= 0.6 is 27.7 Å². The molecule has 0 spiro atoms. The standard InChI is InChI=1S/C18H21BrN2O3S2/c1-21(13-14-6-8-16(25-2)9-7-14)18(22)10-11-20-26(23,24)17-5-3-4-15(19)12-17/h3-9,12,20H,10-11,13H2,1-2H3. The summed E-state index contributed by atoms with van der Waals surface area (Å²) in [6.45, 7) is 0.551. The summed E-state index contributed by atoms with van der Waals surface area (Å²) in [5.41, 5.74) is 1.04. The molecular formula is C18H21BrN2O3S2. The van der Waals surface area contributed by atoms with Crippen molar-refractivity contribution in [3.63, 3.8) is 0 Å². The van der Waals surface area contributed by atoms with Crippen LogP contribution in [0.1, 0.15) is 12.0 Å². The van der Waals surface area contributed by atoms with E-state index in [-0.39, 0.29) is 23.8 Å². The van der Waals surface area contributed by atoms with Gasteiger partial charge in [-0.15, -0.1) is 11.8 Å². The summed E-state index contributed by atoms with van der Waals surface area (Å²) in [4.78, 5) is 15.2. The molecule has 0 radical (unpaired) electrons. The Kier molecular flexibility index (Phi) is 7.69. The highest BCUT2D eigenvalue weighted by Crippen LogP contribution is 2.17. The molecule has 0 saturated carbocycles.